The summed E-state index contributed by atoms with van der Waals surface area (Å²) < 4.78 is 15.5. The Morgan fingerprint density at radius 3 is 2.41 bits per heavy atom. The maximum atomic E-state index is 12.0. The summed E-state index contributed by atoms with van der Waals surface area (Å²) in [5, 5.41) is 0. The van der Waals surface area contributed by atoms with Gasteiger partial charge in [-0.15, -0.1) is 0 Å². The van der Waals surface area contributed by atoms with Gasteiger partial charge in [0.25, 0.3) is 0 Å². The van der Waals surface area contributed by atoms with E-state index >= 15 is 0 Å². The van der Waals surface area contributed by atoms with Gasteiger partial charge in [-0.3, -0.25) is 9.59 Å². The fourth-order valence-corrected chi connectivity index (χ4v) is 3.40. The van der Waals surface area contributed by atoms with E-state index in [1.54, 1.807) is 6.92 Å². The third kappa shape index (κ3) is 1.41. The Morgan fingerprint density at radius 2 is 1.88 bits per heavy atom. The number of hydrogen-bond acceptors (Lipinski definition) is 5. The molecule has 96 valence electrons. The molecule has 2 aliphatic rings. The fourth-order valence-electron chi connectivity index (χ4n) is 3.40. The molecule has 4 atom stereocenters. The monoisotopic (exact) mass is 242 g/mol. The van der Waals surface area contributed by atoms with Crippen LogP contribution >= 0.6 is 0 Å². The van der Waals surface area contributed by atoms with Crippen molar-refractivity contribution in [3.8, 4) is 0 Å². The molecule has 0 spiro atoms. The normalized spacial score (nSPS) is 43.5. The molecule has 0 aromatic carbocycles. The minimum absolute atomic E-state index is 0.260. The molecular weight excluding hydrogens is 224 g/mol. The summed E-state index contributed by atoms with van der Waals surface area (Å²) in [6, 6.07) is 0. The van der Waals surface area contributed by atoms with Gasteiger partial charge in [-0.25, -0.2) is 0 Å². The average molecular weight is 242 g/mol. The number of rotatable bonds is 2. The van der Waals surface area contributed by atoms with Crippen LogP contribution < -0.4 is 0 Å². The molecule has 2 bridgehead atoms. The van der Waals surface area contributed by atoms with Crippen molar-refractivity contribution >= 4 is 11.9 Å². The van der Waals surface area contributed by atoms with Crippen LogP contribution in [0, 0.1) is 11.3 Å². The first kappa shape index (κ1) is 12.4. The van der Waals surface area contributed by atoms with E-state index < -0.39 is 28.9 Å². The standard InChI is InChI=1S/C12H18O5/c1-11-6-5-7(17-11)12(2,10(14)16-4)8(11)9(13)15-3/h7-8H,5-6H2,1-4H3/t7-,8-,11+,12-/m1/s1. The van der Waals surface area contributed by atoms with E-state index in [0.29, 0.717) is 0 Å². The SMILES string of the molecule is COC(=O)[C@H]1[C@](C)(C(=O)OC)[C@H]2CC[C@]1(C)O2. The molecular formula is C12H18O5. The molecule has 17 heavy (non-hydrogen) atoms. The molecule has 5 heteroatoms. The first-order valence-corrected chi connectivity index (χ1v) is 5.74. The highest BCUT2D eigenvalue weighted by molar-refractivity contribution is 5.87. The zero-order chi connectivity index (χ0) is 12.8. The second-order valence-electron chi connectivity index (χ2n) is 5.19. The van der Waals surface area contributed by atoms with E-state index in [9.17, 15) is 9.59 Å². The summed E-state index contributed by atoms with van der Waals surface area (Å²) in [6.07, 6.45) is 1.28. The van der Waals surface area contributed by atoms with Crippen molar-refractivity contribution in [1.82, 2.24) is 0 Å². The number of hydrogen-bond donors (Lipinski definition) is 0. The molecule has 2 fully saturated rings. The largest absolute Gasteiger partial charge is 0.469 e. The molecule has 0 amide bonds. The highest BCUT2D eigenvalue weighted by Gasteiger charge is 2.70. The quantitative estimate of drug-likeness (QED) is 0.673. The second kappa shape index (κ2) is 3.70. The molecule has 2 heterocycles. The van der Waals surface area contributed by atoms with E-state index in [0.717, 1.165) is 12.8 Å². The van der Waals surface area contributed by atoms with Gasteiger partial charge >= 0.3 is 11.9 Å². The van der Waals surface area contributed by atoms with Crippen LogP contribution in [0.1, 0.15) is 26.7 Å². The first-order valence-electron chi connectivity index (χ1n) is 5.74. The molecule has 5 nitrogen and oxygen atoms in total. The van der Waals surface area contributed by atoms with E-state index in [-0.39, 0.29) is 6.10 Å². The number of carbonyl (C=O) groups excluding carboxylic acids is 2. The summed E-state index contributed by atoms with van der Waals surface area (Å²) in [7, 11) is 2.66. The van der Waals surface area contributed by atoms with Crippen LogP contribution in [-0.2, 0) is 23.8 Å². The van der Waals surface area contributed by atoms with Crippen molar-refractivity contribution < 1.29 is 23.8 Å². The number of methoxy groups -OCH3 is 2. The molecule has 0 unspecified atom stereocenters. The van der Waals surface area contributed by atoms with Gasteiger partial charge in [0.15, 0.2) is 0 Å². The van der Waals surface area contributed by atoms with Crippen molar-refractivity contribution in [2.45, 2.75) is 38.4 Å². The number of esters is 2. The average Bonchev–Trinajstić information content (AvgIpc) is 2.79. The minimum atomic E-state index is -0.936. The summed E-state index contributed by atoms with van der Waals surface area (Å²) >= 11 is 0. The van der Waals surface area contributed by atoms with Gasteiger partial charge in [0.05, 0.1) is 25.9 Å². The number of fused-ring (bicyclic) bond motifs is 2. The Labute approximate surface area is 100 Å². The second-order valence-corrected chi connectivity index (χ2v) is 5.19. The van der Waals surface area contributed by atoms with Crippen LogP contribution in [0.4, 0.5) is 0 Å². The third-order valence-electron chi connectivity index (χ3n) is 4.26. The lowest BCUT2D eigenvalue weighted by molar-refractivity contribution is -0.167. The molecule has 0 aromatic rings. The highest BCUT2D eigenvalue weighted by Crippen LogP contribution is 2.58. The lowest BCUT2D eigenvalue weighted by atomic mass is 9.63. The predicted octanol–water partition coefficient (Wildman–Crippen LogP) is 0.906. The maximum absolute atomic E-state index is 12.0. The van der Waals surface area contributed by atoms with Crippen LogP contribution in [0.5, 0.6) is 0 Å². The van der Waals surface area contributed by atoms with Crippen LogP contribution in [0.3, 0.4) is 0 Å². The van der Waals surface area contributed by atoms with E-state index in [1.807, 2.05) is 6.92 Å². The van der Waals surface area contributed by atoms with Gasteiger partial charge < -0.3 is 14.2 Å². The summed E-state index contributed by atoms with van der Waals surface area (Å²) in [4.78, 5) is 23.9. The van der Waals surface area contributed by atoms with E-state index in [2.05, 4.69) is 0 Å². The van der Waals surface area contributed by atoms with Crippen molar-refractivity contribution in [2.75, 3.05) is 14.2 Å². The van der Waals surface area contributed by atoms with Gasteiger partial charge in [0.2, 0.25) is 0 Å². The Hall–Kier alpha value is -1.10. The Balaban J connectivity index is 2.44. The molecule has 0 saturated carbocycles. The topological polar surface area (TPSA) is 61.8 Å². The molecule has 2 saturated heterocycles. The minimum Gasteiger partial charge on any atom is -0.469 e. The molecule has 0 aliphatic carbocycles. The third-order valence-corrected chi connectivity index (χ3v) is 4.26. The Bertz CT molecular complexity index is 366. The van der Waals surface area contributed by atoms with Crippen LogP contribution in [0.25, 0.3) is 0 Å². The molecule has 0 N–H and O–H groups in total. The van der Waals surface area contributed by atoms with Gasteiger partial charge in [0.1, 0.15) is 11.3 Å². The lowest BCUT2D eigenvalue weighted by Gasteiger charge is -2.37. The van der Waals surface area contributed by atoms with Crippen LogP contribution in [0.15, 0.2) is 0 Å². The Kier molecular flexibility index (Phi) is 2.69. The van der Waals surface area contributed by atoms with Crippen molar-refractivity contribution in [3.63, 3.8) is 0 Å². The first-order chi connectivity index (χ1) is 7.90. The fraction of sp³-hybridized carbons (Fsp3) is 0.833. The molecule has 0 radical (unpaired) electrons. The molecule has 2 aliphatic heterocycles. The van der Waals surface area contributed by atoms with Gasteiger partial charge in [-0.2, -0.15) is 0 Å². The van der Waals surface area contributed by atoms with Crippen LogP contribution in [0.2, 0.25) is 0 Å². The summed E-state index contributed by atoms with van der Waals surface area (Å²) in [5.74, 6) is -1.39. The smallest absolute Gasteiger partial charge is 0.315 e. The number of ether oxygens (including phenoxy) is 3. The zero-order valence-corrected chi connectivity index (χ0v) is 10.6. The van der Waals surface area contributed by atoms with Gasteiger partial charge in [0, 0.05) is 0 Å². The molecule has 0 aromatic heterocycles. The van der Waals surface area contributed by atoms with Crippen LogP contribution in [-0.4, -0.2) is 37.9 Å². The Morgan fingerprint density at radius 1 is 1.24 bits per heavy atom. The molecule has 2 rings (SSSR count). The van der Waals surface area contributed by atoms with Gasteiger partial charge in [-0.1, -0.05) is 0 Å². The lowest BCUT2D eigenvalue weighted by Crippen LogP contribution is -2.51. The predicted molar refractivity (Wildman–Crippen MR) is 58.1 cm³/mol. The summed E-state index contributed by atoms with van der Waals surface area (Å²) in [6.45, 7) is 3.60. The highest BCUT2D eigenvalue weighted by atomic mass is 16.6. The maximum Gasteiger partial charge on any atom is 0.315 e. The zero-order valence-electron chi connectivity index (χ0n) is 10.6. The van der Waals surface area contributed by atoms with E-state index in [4.69, 9.17) is 14.2 Å². The van der Waals surface area contributed by atoms with E-state index in [1.165, 1.54) is 14.2 Å². The van der Waals surface area contributed by atoms with Crippen molar-refractivity contribution in [2.24, 2.45) is 11.3 Å². The van der Waals surface area contributed by atoms with Crippen molar-refractivity contribution in [1.29, 1.82) is 0 Å². The number of carbonyl (C=O) groups is 2. The van der Waals surface area contributed by atoms with Gasteiger partial charge in [-0.05, 0) is 26.7 Å². The van der Waals surface area contributed by atoms with Crippen molar-refractivity contribution in [3.05, 3.63) is 0 Å². The summed E-state index contributed by atoms with van der Waals surface area (Å²) in [5.41, 5.74) is -1.55.